The fourth-order valence-corrected chi connectivity index (χ4v) is 3.85. The Morgan fingerprint density at radius 2 is 1.57 bits per heavy atom. The first-order valence-corrected chi connectivity index (χ1v) is 8.07. The van der Waals surface area contributed by atoms with Crippen molar-refractivity contribution in [2.45, 2.75) is 20.8 Å². The standard InChI is InChI=1S/C18H21O3P.Li/c1-11-8-12(2)17(13(3)9-11)18(19)22-16-7-6-14(20-4)10-15(16)21-5;/h6-10,22H,1-5H3;/q;+1. The molecule has 1 unspecified atom stereocenters. The van der Waals surface area contributed by atoms with Gasteiger partial charge >= 0.3 is 18.9 Å². The Kier molecular flexibility index (Phi) is 7.35. The number of rotatable bonds is 5. The third-order valence-electron chi connectivity index (χ3n) is 3.56. The van der Waals surface area contributed by atoms with Gasteiger partial charge in [-0.05, 0) is 52.6 Å². The molecule has 2 aromatic carbocycles. The van der Waals surface area contributed by atoms with Gasteiger partial charge in [-0.1, -0.05) is 17.7 Å². The van der Waals surface area contributed by atoms with Crippen molar-refractivity contribution < 1.29 is 33.1 Å². The SMILES string of the molecule is COc1ccc(PC(=O)c2c(C)cc(C)cc2C)c(OC)c1.[Li+]. The Morgan fingerprint density at radius 1 is 0.957 bits per heavy atom. The number of ether oxygens (including phenoxy) is 2. The molecule has 0 aliphatic heterocycles. The summed E-state index contributed by atoms with van der Waals surface area (Å²) < 4.78 is 10.6. The predicted octanol–water partition coefficient (Wildman–Crippen LogP) is 0.777. The summed E-state index contributed by atoms with van der Waals surface area (Å²) in [4.78, 5) is 12.7. The minimum absolute atomic E-state index is 0. The van der Waals surface area contributed by atoms with Crippen molar-refractivity contribution in [1.29, 1.82) is 0 Å². The normalized spacial score (nSPS) is 10.5. The molecule has 0 heterocycles. The summed E-state index contributed by atoms with van der Waals surface area (Å²) in [5.41, 5.74) is 4.20. The molecule has 0 aromatic heterocycles. The second-order valence-electron chi connectivity index (χ2n) is 5.29. The van der Waals surface area contributed by atoms with Crippen molar-refractivity contribution in [3.8, 4) is 11.5 Å². The van der Waals surface area contributed by atoms with Crippen LogP contribution in [0.5, 0.6) is 11.5 Å². The molecule has 5 heteroatoms. The third-order valence-corrected chi connectivity index (χ3v) is 4.72. The second-order valence-corrected chi connectivity index (χ2v) is 6.54. The van der Waals surface area contributed by atoms with Gasteiger partial charge in [-0.15, -0.1) is 0 Å². The van der Waals surface area contributed by atoms with E-state index < -0.39 is 0 Å². The molecule has 1 atom stereocenters. The van der Waals surface area contributed by atoms with Crippen molar-refractivity contribution in [3.05, 3.63) is 52.6 Å². The quantitative estimate of drug-likeness (QED) is 0.603. The monoisotopic (exact) mass is 323 g/mol. The van der Waals surface area contributed by atoms with E-state index in [1.165, 1.54) is 5.56 Å². The zero-order valence-corrected chi connectivity index (χ0v) is 15.6. The molecular formula is C18H21LiO3P+. The third kappa shape index (κ3) is 4.61. The number of carbonyl (C=O) groups is 1. The number of benzene rings is 2. The van der Waals surface area contributed by atoms with Crippen LogP contribution in [-0.2, 0) is 0 Å². The minimum atomic E-state index is 0. The number of hydrogen-bond donors (Lipinski definition) is 0. The van der Waals surface area contributed by atoms with E-state index in [1.807, 2.05) is 39.0 Å². The summed E-state index contributed by atoms with van der Waals surface area (Å²) in [5, 5.41) is 0.896. The maximum atomic E-state index is 12.7. The van der Waals surface area contributed by atoms with Gasteiger partial charge in [-0.2, -0.15) is 0 Å². The summed E-state index contributed by atoms with van der Waals surface area (Å²) in [7, 11) is 3.25. The van der Waals surface area contributed by atoms with Crippen LogP contribution in [0.2, 0.25) is 0 Å². The van der Waals surface area contributed by atoms with Gasteiger partial charge in [0.1, 0.15) is 11.5 Å². The average Bonchev–Trinajstić information content (AvgIpc) is 2.46. The zero-order chi connectivity index (χ0) is 16.3. The Bertz CT molecular complexity index is 690. The Balaban J connectivity index is 0.00000264. The molecule has 0 saturated heterocycles. The Labute approximate surface area is 151 Å². The van der Waals surface area contributed by atoms with E-state index >= 15 is 0 Å². The second kappa shape index (κ2) is 8.55. The Morgan fingerprint density at radius 3 is 2.09 bits per heavy atom. The molecule has 0 radical (unpaired) electrons. The summed E-state index contributed by atoms with van der Waals surface area (Å²) in [6.45, 7) is 6.02. The number of carbonyl (C=O) groups excluding carboxylic acids is 1. The summed E-state index contributed by atoms with van der Waals surface area (Å²) in [6.07, 6.45) is 0. The largest absolute Gasteiger partial charge is 1.00 e. The fraction of sp³-hybridized carbons (Fsp3) is 0.278. The van der Waals surface area contributed by atoms with Crippen molar-refractivity contribution in [2.24, 2.45) is 0 Å². The molecule has 116 valence electrons. The molecule has 0 spiro atoms. The van der Waals surface area contributed by atoms with Gasteiger partial charge in [0.2, 0.25) is 0 Å². The topological polar surface area (TPSA) is 35.5 Å². The number of aryl methyl sites for hydroxylation is 3. The van der Waals surface area contributed by atoms with E-state index in [0.29, 0.717) is 5.75 Å². The smallest absolute Gasteiger partial charge is 0.497 e. The molecular weight excluding hydrogens is 302 g/mol. The van der Waals surface area contributed by atoms with E-state index in [-0.39, 0.29) is 33.0 Å². The average molecular weight is 323 g/mol. The summed E-state index contributed by atoms with van der Waals surface area (Å²) >= 11 is 0. The van der Waals surface area contributed by atoms with Crippen molar-refractivity contribution in [3.63, 3.8) is 0 Å². The molecule has 23 heavy (non-hydrogen) atoms. The first kappa shape index (κ1) is 19.8. The van der Waals surface area contributed by atoms with Crippen LogP contribution >= 0.6 is 8.58 Å². The maximum absolute atomic E-state index is 12.7. The van der Waals surface area contributed by atoms with E-state index in [0.717, 1.165) is 27.7 Å². The first-order chi connectivity index (χ1) is 10.5. The molecule has 2 aromatic rings. The molecule has 0 N–H and O–H groups in total. The molecule has 0 bridgehead atoms. The van der Waals surface area contributed by atoms with Crippen molar-refractivity contribution in [1.82, 2.24) is 0 Å². The zero-order valence-electron chi connectivity index (χ0n) is 14.6. The molecule has 0 saturated carbocycles. The van der Waals surface area contributed by atoms with E-state index in [9.17, 15) is 4.79 Å². The molecule has 0 fully saturated rings. The summed E-state index contributed by atoms with van der Waals surface area (Å²) in [6, 6.07) is 9.66. The van der Waals surface area contributed by atoms with Crippen LogP contribution in [0.25, 0.3) is 0 Å². The van der Waals surface area contributed by atoms with Crippen LogP contribution in [0, 0.1) is 20.8 Å². The van der Waals surface area contributed by atoms with Crippen LogP contribution in [0.4, 0.5) is 0 Å². The first-order valence-electron chi connectivity index (χ1n) is 7.07. The predicted molar refractivity (Wildman–Crippen MR) is 92.5 cm³/mol. The molecule has 0 aliphatic carbocycles. The molecule has 3 nitrogen and oxygen atoms in total. The maximum Gasteiger partial charge on any atom is 1.00 e. The van der Waals surface area contributed by atoms with Crippen LogP contribution < -0.4 is 33.6 Å². The Hall–Kier alpha value is -1.26. The molecule has 2 rings (SSSR count). The summed E-state index contributed by atoms with van der Waals surface area (Å²) in [5.74, 6) is 1.41. The van der Waals surface area contributed by atoms with E-state index in [4.69, 9.17) is 9.47 Å². The van der Waals surface area contributed by atoms with Crippen LogP contribution in [-0.4, -0.2) is 19.7 Å². The van der Waals surface area contributed by atoms with Crippen LogP contribution in [0.15, 0.2) is 30.3 Å². The molecule has 0 aliphatic rings. The van der Waals surface area contributed by atoms with Gasteiger partial charge in [0.05, 0.1) is 14.2 Å². The minimum Gasteiger partial charge on any atom is -0.497 e. The number of hydrogen-bond acceptors (Lipinski definition) is 3. The fourth-order valence-electron chi connectivity index (χ4n) is 2.62. The van der Waals surface area contributed by atoms with Gasteiger partial charge < -0.3 is 9.47 Å². The van der Waals surface area contributed by atoms with Crippen LogP contribution in [0.1, 0.15) is 27.0 Å². The van der Waals surface area contributed by atoms with Gasteiger partial charge in [0.25, 0.3) is 0 Å². The molecule has 0 amide bonds. The van der Waals surface area contributed by atoms with Crippen LogP contribution in [0.3, 0.4) is 0 Å². The van der Waals surface area contributed by atoms with Crippen molar-refractivity contribution >= 4 is 19.4 Å². The van der Waals surface area contributed by atoms with Gasteiger partial charge in [0.15, 0.2) is 5.52 Å². The van der Waals surface area contributed by atoms with Gasteiger partial charge in [-0.25, -0.2) is 0 Å². The van der Waals surface area contributed by atoms with Crippen molar-refractivity contribution in [2.75, 3.05) is 14.2 Å². The van der Waals surface area contributed by atoms with E-state index in [2.05, 4.69) is 12.1 Å². The van der Waals surface area contributed by atoms with E-state index in [1.54, 1.807) is 14.2 Å². The van der Waals surface area contributed by atoms with Gasteiger partial charge in [0, 0.05) is 16.9 Å². The number of methoxy groups -OCH3 is 2. The van der Waals surface area contributed by atoms with Gasteiger partial charge in [-0.3, -0.25) is 4.79 Å².